The number of benzene rings is 1. The minimum atomic E-state index is -0.497. The molecule has 2 nitrogen and oxygen atoms in total. The predicted octanol–water partition coefficient (Wildman–Crippen LogP) is 2.59. The summed E-state index contributed by atoms with van der Waals surface area (Å²) in [6, 6.07) is 2.42. The number of hydrogen-bond acceptors (Lipinski definition) is 2. The third-order valence-electron chi connectivity index (χ3n) is 1.51. The zero-order chi connectivity index (χ0) is 10.0. The number of carbonyl (C=O) groups excluding carboxylic acids is 1. The van der Waals surface area contributed by atoms with E-state index in [0.717, 1.165) is 6.07 Å². The van der Waals surface area contributed by atoms with Crippen LogP contribution in [0, 0.1) is 5.82 Å². The Bertz CT molecular complexity index is 356. The van der Waals surface area contributed by atoms with Crippen molar-refractivity contribution in [2.75, 3.05) is 11.6 Å². The molecular formula is C8H6BrClFNO. The molecule has 0 amide bonds. The van der Waals surface area contributed by atoms with Crippen LogP contribution in [-0.4, -0.2) is 11.7 Å². The zero-order valence-corrected chi connectivity index (χ0v) is 8.82. The Morgan fingerprint density at radius 3 is 2.77 bits per heavy atom. The van der Waals surface area contributed by atoms with Crippen molar-refractivity contribution < 1.29 is 9.18 Å². The number of anilines is 1. The number of alkyl halides is 1. The van der Waals surface area contributed by atoms with Crippen LogP contribution in [0.2, 0.25) is 0 Å². The van der Waals surface area contributed by atoms with Crippen molar-refractivity contribution in [3.63, 3.8) is 0 Å². The van der Waals surface area contributed by atoms with E-state index in [1.807, 2.05) is 0 Å². The first kappa shape index (κ1) is 10.5. The molecule has 0 heterocycles. The second-order valence-corrected chi connectivity index (χ2v) is 3.53. The molecule has 0 atom stereocenters. The van der Waals surface area contributed by atoms with Crippen LogP contribution in [-0.2, 0) is 0 Å². The molecule has 0 fully saturated rings. The van der Waals surface area contributed by atoms with Crippen molar-refractivity contribution >= 4 is 39.0 Å². The Morgan fingerprint density at radius 2 is 2.23 bits per heavy atom. The van der Waals surface area contributed by atoms with Gasteiger partial charge in [0.1, 0.15) is 5.82 Å². The summed E-state index contributed by atoms with van der Waals surface area (Å²) in [5.41, 5.74) is 5.77. The van der Waals surface area contributed by atoms with Crippen LogP contribution in [0.4, 0.5) is 10.1 Å². The Hall–Kier alpha value is -0.610. The van der Waals surface area contributed by atoms with Gasteiger partial charge in [-0.15, -0.1) is 11.6 Å². The van der Waals surface area contributed by atoms with Gasteiger partial charge in [0.25, 0.3) is 0 Å². The summed E-state index contributed by atoms with van der Waals surface area (Å²) in [4.78, 5) is 11.1. The zero-order valence-electron chi connectivity index (χ0n) is 6.48. The molecule has 0 unspecified atom stereocenters. The molecule has 1 rings (SSSR count). The van der Waals surface area contributed by atoms with Gasteiger partial charge in [0, 0.05) is 11.3 Å². The van der Waals surface area contributed by atoms with E-state index in [2.05, 4.69) is 15.9 Å². The largest absolute Gasteiger partial charge is 0.398 e. The highest BCUT2D eigenvalue weighted by molar-refractivity contribution is 9.10. The Morgan fingerprint density at radius 1 is 1.62 bits per heavy atom. The molecule has 1 aromatic carbocycles. The fraction of sp³-hybridized carbons (Fsp3) is 0.125. The fourth-order valence-electron chi connectivity index (χ4n) is 0.876. The van der Waals surface area contributed by atoms with E-state index >= 15 is 0 Å². The third kappa shape index (κ3) is 2.19. The van der Waals surface area contributed by atoms with Crippen molar-refractivity contribution in [3.05, 3.63) is 28.0 Å². The van der Waals surface area contributed by atoms with Crippen LogP contribution in [0.25, 0.3) is 0 Å². The lowest BCUT2D eigenvalue weighted by Crippen LogP contribution is -2.05. The van der Waals surface area contributed by atoms with Crippen molar-refractivity contribution in [2.24, 2.45) is 0 Å². The maximum atomic E-state index is 12.9. The van der Waals surface area contributed by atoms with Crippen LogP contribution >= 0.6 is 27.5 Å². The molecule has 13 heavy (non-hydrogen) atoms. The van der Waals surface area contributed by atoms with Crippen molar-refractivity contribution in [3.8, 4) is 0 Å². The van der Waals surface area contributed by atoms with E-state index in [4.69, 9.17) is 17.3 Å². The average Bonchev–Trinajstić information content (AvgIpc) is 2.10. The van der Waals surface area contributed by atoms with Gasteiger partial charge in [-0.2, -0.15) is 0 Å². The molecule has 0 bridgehead atoms. The highest BCUT2D eigenvalue weighted by Crippen LogP contribution is 2.23. The van der Waals surface area contributed by atoms with Gasteiger partial charge in [0.05, 0.1) is 10.4 Å². The monoisotopic (exact) mass is 265 g/mol. The molecule has 0 radical (unpaired) electrons. The average molecular weight is 266 g/mol. The molecule has 0 saturated heterocycles. The van der Waals surface area contributed by atoms with Crippen LogP contribution in [0.1, 0.15) is 10.4 Å². The molecule has 0 aromatic heterocycles. The standard InChI is InChI=1S/C8H6BrClFNO/c9-5-1-4(8(13)3-10)7(12)2-6(5)11/h1-2H,3,12H2. The number of Topliss-reactive ketones (excluding diaryl/α,β-unsaturated/α-hetero) is 1. The second kappa shape index (κ2) is 4.07. The van der Waals surface area contributed by atoms with Gasteiger partial charge < -0.3 is 5.73 Å². The molecular weight excluding hydrogens is 260 g/mol. The van der Waals surface area contributed by atoms with Crippen molar-refractivity contribution in [1.29, 1.82) is 0 Å². The van der Waals surface area contributed by atoms with Crippen LogP contribution in [0.15, 0.2) is 16.6 Å². The van der Waals surface area contributed by atoms with Crippen molar-refractivity contribution in [1.82, 2.24) is 0 Å². The number of nitrogens with two attached hydrogens (primary N) is 1. The highest BCUT2D eigenvalue weighted by Gasteiger charge is 2.11. The van der Waals surface area contributed by atoms with Gasteiger partial charge in [-0.05, 0) is 28.1 Å². The summed E-state index contributed by atoms with van der Waals surface area (Å²) in [5, 5.41) is 0. The number of carbonyl (C=O) groups is 1. The number of nitrogen functional groups attached to an aromatic ring is 1. The smallest absolute Gasteiger partial charge is 0.179 e. The number of ketones is 1. The summed E-state index contributed by atoms with van der Waals surface area (Å²) < 4.78 is 13.1. The minimum Gasteiger partial charge on any atom is -0.398 e. The van der Waals surface area contributed by atoms with Crippen LogP contribution in [0.5, 0.6) is 0 Å². The first-order chi connectivity index (χ1) is 6.06. The Balaban J connectivity index is 3.23. The summed E-state index contributed by atoms with van der Waals surface area (Å²) in [7, 11) is 0. The van der Waals surface area contributed by atoms with Gasteiger partial charge in [-0.1, -0.05) is 0 Å². The molecule has 0 aliphatic carbocycles. The van der Waals surface area contributed by atoms with E-state index in [-0.39, 0.29) is 27.4 Å². The first-order valence-corrected chi connectivity index (χ1v) is 4.72. The molecule has 2 N–H and O–H groups in total. The number of halogens is 3. The summed E-state index contributed by atoms with van der Waals surface area (Å²) in [5.74, 6) is -0.981. The van der Waals surface area contributed by atoms with Crippen LogP contribution < -0.4 is 5.73 Å². The first-order valence-electron chi connectivity index (χ1n) is 3.40. The van der Waals surface area contributed by atoms with Crippen LogP contribution in [0.3, 0.4) is 0 Å². The van der Waals surface area contributed by atoms with Crippen molar-refractivity contribution in [2.45, 2.75) is 0 Å². The summed E-state index contributed by atoms with van der Waals surface area (Å²) in [6.45, 7) is 0. The van der Waals surface area contributed by atoms with Gasteiger partial charge in [0.2, 0.25) is 0 Å². The summed E-state index contributed by atoms with van der Waals surface area (Å²) in [6.07, 6.45) is 0. The number of hydrogen-bond donors (Lipinski definition) is 1. The lowest BCUT2D eigenvalue weighted by Gasteiger charge is -2.03. The van der Waals surface area contributed by atoms with E-state index in [1.165, 1.54) is 6.07 Å². The lowest BCUT2D eigenvalue weighted by atomic mass is 10.1. The molecule has 0 aliphatic rings. The van der Waals surface area contributed by atoms with Gasteiger partial charge >= 0.3 is 0 Å². The normalized spacial score (nSPS) is 10.1. The Labute approximate surface area is 88.0 Å². The molecule has 70 valence electrons. The highest BCUT2D eigenvalue weighted by atomic mass is 79.9. The molecule has 5 heteroatoms. The molecule has 0 saturated carbocycles. The quantitative estimate of drug-likeness (QED) is 0.508. The predicted molar refractivity (Wildman–Crippen MR) is 53.6 cm³/mol. The van der Waals surface area contributed by atoms with E-state index in [0.29, 0.717) is 0 Å². The van der Waals surface area contributed by atoms with Gasteiger partial charge in [-0.3, -0.25) is 4.79 Å². The third-order valence-corrected chi connectivity index (χ3v) is 2.36. The maximum absolute atomic E-state index is 12.9. The SMILES string of the molecule is Nc1cc(F)c(Br)cc1C(=O)CCl. The Kier molecular flexibility index (Phi) is 3.27. The van der Waals surface area contributed by atoms with E-state index < -0.39 is 5.82 Å². The lowest BCUT2D eigenvalue weighted by molar-refractivity contribution is 0.102. The minimum absolute atomic E-state index is 0.103. The second-order valence-electron chi connectivity index (χ2n) is 2.41. The number of rotatable bonds is 2. The maximum Gasteiger partial charge on any atom is 0.179 e. The fourth-order valence-corrected chi connectivity index (χ4v) is 1.36. The van der Waals surface area contributed by atoms with Gasteiger partial charge in [0.15, 0.2) is 5.78 Å². The van der Waals surface area contributed by atoms with E-state index in [1.54, 1.807) is 0 Å². The van der Waals surface area contributed by atoms with E-state index in [9.17, 15) is 9.18 Å². The van der Waals surface area contributed by atoms with Gasteiger partial charge in [-0.25, -0.2) is 4.39 Å². The molecule has 1 aromatic rings. The molecule has 0 spiro atoms. The summed E-state index contributed by atoms with van der Waals surface area (Å²) >= 11 is 8.29. The molecule has 0 aliphatic heterocycles. The topological polar surface area (TPSA) is 43.1 Å².